The SMILES string of the molecule is CC(C)(C)c1ccc(-c2ccc3c(-c4ccccc4)c([Si](C)(C)C)ccc3n2)cc1. The lowest BCUT2D eigenvalue weighted by Gasteiger charge is -2.23. The van der Waals surface area contributed by atoms with Crippen molar-refractivity contribution in [2.75, 3.05) is 0 Å². The highest BCUT2D eigenvalue weighted by Gasteiger charge is 2.23. The maximum atomic E-state index is 5.06. The second-order valence-corrected chi connectivity index (χ2v) is 15.2. The van der Waals surface area contributed by atoms with Crippen LogP contribution in [0.3, 0.4) is 0 Å². The number of rotatable bonds is 3. The van der Waals surface area contributed by atoms with Crippen molar-refractivity contribution in [3.8, 4) is 22.4 Å². The van der Waals surface area contributed by atoms with Crippen molar-refractivity contribution >= 4 is 24.2 Å². The first-order valence-electron chi connectivity index (χ1n) is 10.8. The Labute approximate surface area is 181 Å². The largest absolute Gasteiger partial charge is 0.248 e. The molecule has 2 heteroatoms. The Balaban J connectivity index is 1.87. The van der Waals surface area contributed by atoms with Crippen molar-refractivity contribution in [3.63, 3.8) is 0 Å². The molecule has 0 aliphatic carbocycles. The number of hydrogen-bond acceptors (Lipinski definition) is 1. The molecule has 4 aromatic rings. The first kappa shape index (κ1) is 20.6. The highest BCUT2D eigenvalue weighted by Crippen LogP contribution is 2.31. The topological polar surface area (TPSA) is 12.9 Å². The zero-order valence-corrected chi connectivity index (χ0v) is 20.0. The van der Waals surface area contributed by atoms with Crippen LogP contribution in [0.5, 0.6) is 0 Å². The van der Waals surface area contributed by atoms with Gasteiger partial charge in [0.15, 0.2) is 0 Å². The molecule has 0 saturated carbocycles. The van der Waals surface area contributed by atoms with E-state index in [1.54, 1.807) is 0 Å². The van der Waals surface area contributed by atoms with Crippen molar-refractivity contribution in [2.45, 2.75) is 45.8 Å². The highest BCUT2D eigenvalue weighted by molar-refractivity contribution is 6.90. The van der Waals surface area contributed by atoms with Crippen LogP contribution in [-0.2, 0) is 5.41 Å². The molecule has 1 nitrogen and oxygen atoms in total. The van der Waals surface area contributed by atoms with Crippen molar-refractivity contribution in [1.82, 2.24) is 4.98 Å². The third kappa shape index (κ3) is 3.97. The standard InChI is InChI=1S/C28H31NSi/c1-28(2,3)22-14-12-20(13-15-22)24-17-16-23-25(29-24)18-19-26(30(4,5)6)27(23)21-10-8-7-9-11-21/h7-19H,1-6H3. The summed E-state index contributed by atoms with van der Waals surface area (Å²) in [5.74, 6) is 0. The fourth-order valence-corrected chi connectivity index (χ4v) is 5.66. The molecule has 0 saturated heterocycles. The zero-order chi connectivity index (χ0) is 21.5. The Morgan fingerprint density at radius 2 is 1.33 bits per heavy atom. The van der Waals surface area contributed by atoms with E-state index in [-0.39, 0.29) is 5.41 Å². The first-order chi connectivity index (χ1) is 14.1. The summed E-state index contributed by atoms with van der Waals surface area (Å²) in [4.78, 5) is 5.06. The molecule has 3 aromatic carbocycles. The van der Waals surface area contributed by atoms with Gasteiger partial charge >= 0.3 is 0 Å². The van der Waals surface area contributed by atoms with Crippen LogP contribution >= 0.6 is 0 Å². The van der Waals surface area contributed by atoms with Crippen molar-refractivity contribution in [1.29, 1.82) is 0 Å². The number of nitrogens with zero attached hydrogens (tertiary/aromatic N) is 1. The average molecular weight is 410 g/mol. The molecule has 0 fully saturated rings. The van der Waals surface area contributed by atoms with Crippen LogP contribution in [0.25, 0.3) is 33.3 Å². The predicted octanol–water partition coefficient (Wildman–Crippen LogP) is 7.41. The molecule has 1 aromatic heterocycles. The van der Waals surface area contributed by atoms with Gasteiger partial charge in [-0.1, -0.05) is 112 Å². The van der Waals surface area contributed by atoms with Crippen molar-refractivity contribution in [2.24, 2.45) is 0 Å². The summed E-state index contributed by atoms with van der Waals surface area (Å²) >= 11 is 0. The molecule has 0 unspecified atom stereocenters. The normalized spacial score (nSPS) is 12.3. The molecule has 0 aliphatic heterocycles. The molecule has 0 bridgehead atoms. The van der Waals surface area contributed by atoms with E-state index < -0.39 is 8.07 Å². The summed E-state index contributed by atoms with van der Waals surface area (Å²) in [6.07, 6.45) is 0. The lowest BCUT2D eigenvalue weighted by molar-refractivity contribution is 0.590. The minimum atomic E-state index is -1.51. The van der Waals surface area contributed by atoms with Gasteiger partial charge in [-0.2, -0.15) is 0 Å². The van der Waals surface area contributed by atoms with Crippen LogP contribution in [0, 0.1) is 0 Å². The lowest BCUT2D eigenvalue weighted by Crippen LogP contribution is -2.39. The molecule has 0 radical (unpaired) electrons. The fourth-order valence-electron chi connectivity index (χ4n) is 4.05. The number of hydrogen-bond donors (Lipinski definition) is 0. The average Bonchev–Trinajstić information content (AvgIpc) is 2.72. The first-order valence-corrected chi connectivity index (χ1v) is 14.3. The maximum absolute atomic E-state index is 5.06. The second-order valence-electron chi connectivity index (χ2n) is 10.2. The zero-order valence-electron chi connectivity index (χ0n) is 19.0. The Morgan fingerprint density at radius 1 is 0.667 bits per heavy atom. The Bertz CT molecular complexity index is 1180. The van der Waals surface area contributed by atoms with Crippen LogP contribution in [0.15, 0.2) is 78.9 Å². The summed E-state index contributed by atoms with van der Waals surface area (Å²) in [6.45, 7) is 14.0. The lowest BCUT2D eigenvalue weighted by atomic mass is 9.86. The molecule has 30 heavy (non-hydrogen) atoms. The number of benzene rings is 3. The van der Waals surface area contributed by atoms with Crippen LogP contribution in [0.1, 0.15) is 26.3 Å². The molecule has 0 spiro atoms. The molecule has 4 rings (SSSR count). The van der Waals surface area contributed by atoms with E-state index in [0.29, 0.717) is 0 Å². The molecule has 0 atom stereocenters. The van der Waals surface area contributed by atoms with E-state index in [9.17, 15) is 0 Å². The van der Waals surface area contributed by atoms with Crippen LogP contribution in [0.4, 0.5) is 0 Å². The maximum Gasteiger partial charge on any atom is 0.0784 e. The molecule has 152 valence electrons. The van der Waals surface area contributed by atoms with E-state index in [1.165, 1.54) is 32.8 Å². The number of aromatic nitrogens is 1. The van der Waals surface area contributed by atoms with Crippen LogP contribution < -0.4 is 5.19 Å². The Kier molecular flexibility index (Phi) is 5.15. The van der Waals surface area contributed by atoms with Gasteiger partial charge in [0.1, 0.15) is 0 Å². The molecule has 0 aliphatic rings. The molecule has 1 heterocycles. The van der Waals surface area contributed by atoms with Crippen LogP contribution in [-0.4, -0.2) is 13.1 Å². The summed E-state index contributed by atoms with van der Waals surface area (Å²) < 4.78 is 0. The minimum Gasteiger partial charge on any atom is -0.248 e. The quantitative estimate of drug-likeness (QED) is 0.321. The van der Waals surface area contributed by atoms with Gasteiger partial charge < -0.3 is 0 Å². The van der Waals surface area contributed by atoms with Gasteiger partial charge in [0, 0.05) is 10.9 Å². The Morgan fingerprint density at radius 3 is 1.93 bits per heavy atom. The summed E-state index contributed by atoms with van der Waals surface area (Å²) in [5, 5.41) is 2.74. The third-order valence-electron chi connectivity index (χ3n) is 5.79. The molecule has 0 N–H and O–H groups in total. The van der Waals surface area contributed by atoms with Gasteiger partial charge in [-0.3, -0.25) is 0 Å². The fraction of sp³-hybridized carbons (Fsp3) is 0.250. The molecular formula is C28H31NSi. The third-order valence-corrected chi connectivity index (χ3v) is 7.82. The Hall–Kier alpha value is -2.71. The summed E-state index contributed by atoms with van der Waals surface area (Å²) in [5.41, 5.74) is 7.40. The number of fused-ring (bicyclic) bond motifs is 1. The van der Waals surface area contributed by atoms with Gasteiger partial charge in [0.2, 0.25) is 0 Å². The van der Waals surface area contributed by atoms with Crippen molar-refractivity contribution in [3.05, 3.63) is 84.4 Å². The van der Waals surface area contributed by atoms with Crippen LogP contribution in [0.2, 0.25) is 19.6 Å². The predicted molar refractivity (Wildman–Crippen MR) is 134 cm³/mol. The number of pyridine rings is 1. The van der Waals surface area contributed by atoms with Gasteiger partial charge in [0.05, 0.1) is 19.3 Å². The minimum absolute atomic E-state index is 0.160. The van der Waals surface area contributed by atoms with E-state index >= 15 is 0 Å². The van der Waals surface area contributed by atoms with E-state index in [4.69, 9.17) is 4.98 Å². The van der Waals surface area contributed by atoms with Gasteiger partial charge in [-0.15, -0.1) is 0 Å². The van der Waals surface area contributed by atoms with Gasteiger partial charge in [0.25, 0.3) is 0 Å². The van der Waals surface area contributed by atoms with Gasteiger partial charge in [-0.25, -0.2) is 4.98 Å². The summed E-state index contributed by atoms with van der Waals surface area (Å²) in [6, 6.07) is 28.6. The van der Waals surface area contributed by atoms with Crippen molar-refractivity contribution < 1.29 is 0 Å². The monoisotopic (exact) mass is 409 g/mol. The summed E-state index contributed by atoms with van der Waals surface area (Å²) in [7, 11) is -1.51. The van der Waals surface area contributed by atoms with Gasteiger partial charge in [-0.05, 0) is 34.2 Å². The van der Waals surface area contributed by atoms with E-state index in [1.807, 2.05) is 0 Å². The second kappa shape index (κ2) is 7.52. The molecule has 0 amide bonds. The smallest absolute Gasteiger partial charge is 0.0784 e. The molecular weight excluding hydrogens is 378 g/mol. The highest BCUT2D eigenvalue weighted by atomic mass is 28.3. The van der Waals surface area contributed by atoms with E-state index in [2.05, 4.69) is 119 Å². The van der Waals surface area contributed by atoms with E-state index in [0.717, 1.165) is 11.2 Å².